The van der Waals surface area contributed by atoms with Crippen molar-refractivity contribution >= 4 is 16.9 Å². The summed E-state index contributed by atoms with van der Waals surface area (Å²) in [6.07, 6.45) is 1.56. The Hall–Kier alpha value is -2.58. The van der Waals surface area contributed by atoms with Gasteiger partial charge in [0.2, 0.25) is 5.43 Å². The smallest absolute Gasteiger partial charge is 0.341 e. The monoisotopic (exact) mass is 257 g/mol. The fraction of sp³-hybridized carbons (Fsp3) is 0.143. The number of hydrogen-bond donors (Lipinski definition) is 3. The lowest BCUT2D eigenvalue weighted by Gasteiger charge is -2.00. The van der Waals surface area contributed by atoms with Gasteiger partial charge in [-0.2, -0.15) is 0 Å². The molecule has 96 valence electrons. The van der Waals surface area contributed by atoms with Crippen molar-refractivity contribution in [1.29, 1.82) is 0 Å². The average molecular weight is 257 g/mol. The van der Waals surface area contributed by atoms with Gasteiger partial charge in [0.1, 0.15) is 5.56 Å². The van der Waals surface area contributed by atoms with Crippen LogP contribution in [0.25, 0.3) is 10.9 Å². The summed E-state index contributed by atoms with van der Waals surface area (Å²) in [7, 11) is 0. The van der Waals surface area contributed by atoms with E-state index in [1.807, 2.05) is 0 Å². The van der Waals surface area contributed by atoms with Gasteiger partial charge in [0.15, 0.2) is 0 Å². The number of aliphatic hydroxyl groups excluding tert-OH is 1. The zero-order valence-corrected chi connectivity index (χ0v) is 9.93. The van der Waals surface area contributed by atoms with Gasteiger partial charge < -0.3 is 15.2 Å². The second kappa shape index (κ2) is 5.38. The number of pyridine rings is 1. The van der Waals surface area contributed by atoms with E-state index in [1.165, 1.54) is 6.20 Å². The molecule has 0 amide bonds. The zero-order valence-electron chi connectivity index (χ0n) is 9.93. The first-order valence-corrected chi connectivity index (χ1v) is 5.62. The lowest BCUT2D eigenvalue weighted by Crippen LogP contribution is -2.15. The molecule has 19 heavy (non-hydrogen) atoms. The Labute approximate surface area is 108 Å². The molecule has 1 aromatic heterocycles. The summed E-state index contributed by atoms with van der Waals surface area (Å²) >= 11 is 0. The highest BCUT2D eigenvalue weighted by molar-refractivity contribution is 5.92. The number of hydrogen-bond acceptors (Lipinski definition) is 3. The van der Waals surface area contributed by atoms with Crippen LogP contribution in [0.5, 0.6) is 0 Å². The Kier molecular flexibility index (Phi) is 3.64. The highest BCUT2D eigenvalue weighted by atomic mass is 16.4. The number of fused-ring (bicyclic) bond motifs is 1. The third kappa shape index (κ3) is 2.64. The van der Waals surface area contributed by atoms with E-state index in [-0.39, 0.29) is 12.2 Å². The second-order valence-corrected chi connectivity index (χ2v) is 3.87. The SMILES string of the molecule is O=C(O)c1c[nH]c2cc(C#CCCO)ccc2c1=O. The van der Waals surface area contributed by atoms with Crippen LogP contribution in [0.1, 0.15) is 22.3 Å². The zero-order chi connectivity index (χ0) is 13.8. The summed E-state index contributed by atoms with van der Waals surface area (Å²) in [6.45, 7) is -0.000609. The van der Waals surface area contributed by atoms with Crippen LogP contribution in [-0.2, 0) is 0 Å². The minimum Gasteiger partial charge on any atom is -0.477 e. The maximum atomic E-state index is 11.9. The quantitative estimate of drug-likeness (QED) is 0.699. The molecule has 1 heterocycles. The molecular weight excluding hydrogens is 246 g/mol. The van der Waals surface area contributed by atoms with E-state index in [2.05, 4.69) is 16.8 Å². The number of H-pyrrole nitrogens is 1. The van der Waals surface area contributed by atoms with Crippen LogP contribution in [0, 0.1) is 11.8 Å². The maximum Gasteiger partial charge on any atom is 0.341 e. The number of rotatable bonds is 2. The van der Waals surface area contributed by atoms with E-state index < -0.39 is 11.4 Å². The Morgan fingerprint density at radius 3 is 2.84 bits per heavy atom. The highest BCUT2D eigenvalue weighted by Gasteiger charge is 2.11. The van der Waals surface area contributed by atoms with Crippen molar-refractivity contribution in [2.45, 2.75) is 6.42 Å². The molecule has 0 atom stereocenters. The largest absolute Gasteiger partial charge is 0.477 e. The molecule has 3 N–H and O–H groups in total. The lowest BCUT2D eigenvalue weighted by atomic mass is 10.1. The molecule has 0 unspecified atom stereocenters. The molecule has 0 spiro atoms. The van der Waals surface area contributed by atoms with Gasteiger partial charge in [-0.05, 0) is 18.2 Å². The van der Waals surface area contributed by atoms with Crippen LogP contribution in [0.3, 0.4) is 0 Å². The number of aromatic amines is 1. The van der Waals surface area contributed by atoms with E-state index in [0.29, 0.717) is 22.9 Å². The standard InChI is InChI=1S/C14H11NO4/c16-6-2-1-3-9-4-5-10-12(7-9)15-8-11(13(10)17)14(18)19/h4-5,7-8,16H,2,6H2,(H,15,17)(H,18,19). The Balaban J connectivity index is 2.53. The molecule has 0 radical (unpaired) electrons. The first kappa shape index (κ1) is 12.9. The number of aliphatic hydroxyl groups is 1. The van der Waals surface area contributed by atoms with E-state index in [1.54, 1.807) is 18.2 Å². The predicted octanol–water partition coefficient (Wildman–Crippen LogP) is 0.960. The van der Waals surface area contributed by atoms with Crippen molar-refractivity contribution in [3.8, 4) is 11.8 Å². The molecule has 0 saturated carbocycles. The molecule has 1 aromatic carbocycles. The van der Waals surface area contributed by atoms with Gasteiger partial charge in [0.25, 0.3) is 0 Å². The number of aromatic nitrogens is 1. The normalized spacial score (nSPS) is 9.95. The summed E-state index contributed by atoms with van der Waals surface area (Å²) in [5.74, 6) is 4.37. The van der Waals surface area contributed by atoms with Crippen LogP contribution in [0.2, 0.25) is 0 Å². The molecular formula is C14H11NO4. The van der Waals surface area contributed by atoms with E-state index in [9.17, 15) is 9.59 Å². The van der Waals surface area contributed by atoms with Gasteiger partial charge in [0.05, 0.1) is 12.1 Å². The third-order valence-corrected chi connectivity index (χ3v) is 2.58. The molecule has 2 aromatic rings. The fourth-order valence-corrected chi connectivity index (χ4v) is 1.68. The molecule has 0 aliphatic carbocycles. The van der Waals surface area contributed by atoms with Crippen molar-refractivity contribution in [2.75, 3.05) is 6.61 Å². The third-order valence-electron chi connectivity index (χ3n) is 2.58. The molecule has 0 aliphatic rings. The van der Waals surface area contributed by atoms with Crippen LogP contribution in [-0.4, -0.2) is 27.8 Å². The molecule has 5 nitrogen and oxygen atoms in total. The number of carboxylic acids is 1. The van der Waals surface area contributed by atoms with Gasteiger partial charge in [-0.15, -0.1) is 0 Å². The first-order valence-electron chi connectivity index (χ1n) is 5.62. The Bertz CT molecular complexity index is 749. The lowest BCUT2D eigenvalue weighted by molar-refractivity contribution is 0.0695. The average Bonchev–Trinajstić information content (AvgIpc) is 2.39. The second-order valence-electron chi connectivity index (χ2n) is 3.87. The van der Waals surface area contributed by atoms with Crippen molar-refractivity contribution < 1.29 is 15.0 Å². The van der Waals surface area contributed by atoms with Gasteiger partial charge in [-0.25, -0.2) is 4.79 Å². The summed E-state index contributed by atoms with van der Waals surface area (Å²) in [5, 5.41) is 17.8. The maximum absolute atomic E-state index is 11.9. The van der Waals surface area contributed by atoms with Crippen molar-refractivity contribution in [3.63, 3.8) is 0 Å². The number of nitrogens with one attached hydrogen (secondary N) is 1. The molecule has 5 heteroatoms. The molecule has 2 rings (SSSR count). The molecule has 0 bridgehead atoms. The topological polar surface area (TPSA) is 90.4 Å². The molecule has 0 fully saturated rings. The fourth-order valence-electron chi connectivity index (χ4n) is 1.68. The van der Waals surface area contributed by atoms with E-state index >= 15 is 0 Å². The van der Waals surface area contributed by atoms with Gasteiger partial charge >= 0.3 is 5.97 Å². The van der Waals surface area contributed by atoms with Crippen LogP contribution in [0.15, 0.2) is 29.2 Å². The highest BCUT2D eigenvalue weighted by Crippen LogP contribution is 2.10. The molecule has 0 saturated heterocycles. The summed E-state index contributed by atoms with van der Waals surface area (Å²) in [4.78, 5) is 25.5. The number of carbonyl (C=O) groups is 1. The van der Waals surface area contributed by atoms with Crippen molar-refractivity contribution in [1.82, 2.24) is 4.98 Å². The van der Waals surface area contributed by atoms with Crippen molar-refractivity contribution in [2.24, 2.45) is 0 Å². The first-order chi connectivity index (χ1) is 9.13. The van der Waals surface area contributed by atoms with Crippen molar-refractivity contribution in [3.05, 3.63) is 45.7 Å². The van der Waals surface area contributed by atoms with Crippen LogP contribution < -0.4 is 5.43 Å². The number of aromatic carboxylic acids is 1. The number of carboxylic acid groups (broad SMARTS) is 1. The van der Waals surface area contributed by atoms with Gasteiger partial charge in [-0.1, -0.05) is 11.8 Å². The summed E-state index contributed by atoms with van der Waals surface area (Å²) < 4.78 is 0. The minimum atomic E-state index is -1.25. The summed E-state index contributed by atoms with van der Waals surface area (Å²) in [5.41, 5.74) is 0.424. The van der Waals surface area contributed by atoms with E-state index in [4.69, 9.17) is 10.2 Å². The van der Waals surface area contributed by atoms with Gasteiger partial charge in [0, 0.05) is 23.6 Å². The van der Waals surface area contributed by atoms with Crippen LogP contribution in [0.4, 0.5) is 0 Å². The Morgan fingerprint density at radius 2 is 2.16 bits per heavy atom. The molecule has 0 aliphatic heterocycles. The van der Waals surface area contributed by atoms with Crippen LogP contribution >= 0.6 is 0 Å². The van der Waals surface area contributed by atoms with E-state index in [0.717, 1.165) is 0 Å². The number of benzene rings is 1. The van der Waals surface area contributed by atoms with Gasteiger partial charge in [-0.3, -0.25) is 4.79 Å². The predicted molar refractivity (Wildman–Crippen MR) is 70.1 cm³/mol. The minimum absolute atomic E-state index is 0.000609. The summed E-state index contributed by atoms with van der Waals surface area (Å²) in [6, 6.07) is 4.86. The Morgan fingerprint density at radius 1 is 1.37 bits per heavy atom.